The van der Waals surface area contributed by atoms with Crippen LogP contribution in [0, 0.1) is 0 Å². The Morgan fingerprint density at radius 2 is 2.21 bits per heavy atom. The van der Waals surface area contributed by atoms with E-state index in [0.717, 1.165) is 11.3 Å². The van der Waals surface area contributed by atoms with Gasteiger partial charge in [-0.05, 0) is 26.0 Å². The second-order valence-electron chi connectivity index (χ2n) is 4.67. The number of hydrogen-bond donors (Lipinski definition) is 2. The molecule has 0 unspecified atom stereocenters. The highest BCUT2D eigenvalue weighted by Crippen LogP contribution is 2.11. The number of fused-ring (bicyclic) bond motifs is 1. The van der Waals surface area contributed by atoms with Gasteiger partial charge in [-0.2, -0.15) is 0 Å². The molecule has 2 rings (SSSR count). The van der Waals surface area contributed by atoms with Gasteiger partial charge in [0.15, 0.2) is 0 Å². The van der Waals surface area contributed by atoms with E-state index in [1.807, 2.05) is 30.5 Å². The van der Waals surface area contributed by atoms with E-state index in [9.17, 15) is 4.79 Å². The molecule has 2 N–H and O–H groups in total. The van der Waals surface area contributed by atoms with Crippen LogP contribution in [0.4, 0.5) is 0 Å². The van der Waals surface area contributed by atoms with E-state index in [1.54, 1.807) is 12.3 Å². The van der Waals surface area contributed by atoms with Crippen LogP contribution in [0.15, 0.2) is 24.5 Å². The van der Waals surface area contributed by atoms with Gasteiger partial charge in [-0.3, -0.25) is 4.79 Å². The summed E-state index contributed by atoms with van der Waals surface area (Å²) >= 11 is 5.91. The van der Waals surface area contributed by atoms with Crippen molar-refractivity contribution in [3.05, 3.63) is 35.2 Å². The molecule has 0 saturated heterocycles. The van der Waals surface area contributed by atoms with Crippen molar-refractivity contribution in [2.24, 2.45) is 0 Å². The van der Waals surface area contributed by atoms with Gasteiger partial charge in [0.2, 0.25) is 5.91 Å². The van der Waals surface area contributed by atoms with Gasteiger partial charge in [0.25, 0.3) is 0 Å². The molecule has 5 nitrogen and oxygen atoms in total. The molecular weight excluding hydrogens is 264 g/mol. The molecule has 0 aliphatic rings. The fourth-order valence-electron chi connectivity index (χ4n) is 1.78. The maximum absolute atomic E-state index is 11.4. The molecule has 19 heavy (non-hydrogen) atoms. The summed E-state index contributed by atoms with van der Waals surface area (Å²) in [5.74, 6) is -0.0122. The van der Waals surface area contributed by atoms with Crippen molar-refractivity contribution >= 4 is 23.2 Å². The molecule has 0 bridgehead atoms. The van der Waals surface area contributed by atoms with Gasteiger partial charge in [0, 0.05) is 25.0 Å². The predicted octanol–water partition coefficient (Wildman–Crippen LogP) is 1.60. The standard InChI is InChI=1S/C13H17ClN4O/c1-9(2)16-13(19)6-15-5-11-8-18-7-10(14)3-4-12(18)17-11/h3-4,7-9,15H,5-6H2,1-2H3,(H,16,19). The molecule has 0 spiro atoms. The van der Waals surface area contributed by atoms with Crippen LogP contribution in [0.1, 0.15) is 19.5 Å². The van der Waals surface area contributed by atoms with Crippen LogP contribution >= 0.6 is 11.6 Å². The monoisotopic (exact) mass is 280 g/mol. The number of rotatable bonds is 5. The van der Waals surface area contributed by atoms with Gasteiger partial charge < -0.3 is 15.0 Å². The van der Waals surface area contributed by atoms with Crippen LogP contribution in [-0.2, 0) is 11.3 Å². The lowest BCUT2D eigenvalue weighted by atomic mass is 10.4. The Labute approximate surface area is 117 Å². The molecule has 1 amide bonds. The largest absolute Gasteiger partial charge is 0.353 e. The number of hydrogen-bond acceptors (Lipinski definition) is 3. The van der Waals surface area contributed by atoms with Crippen LogP contribution < -0.4 is 10.6 Å². The summed E-state index contributed by atoms with van der Waals surface area (Å²) in [7, 11) is 0. The lowest BCUT2D eigenvalue weighted by Gasteiger charge is -2.08. The second-order valence-corrected chi connectivity index (χ2v) is 5.11. The highest BCUT2D eigenvalue weighted by molar-refractivity contribution is 6.30. The Bertz CT molecular complexity index is 579. The minimum Gasteiger partial charge on any atom is -0.353 e. The summed E-state index contributed by atoms with van der Waals surface area (Å²) in [6.07, 6.45) is 3.70. The van der Waals surface area contributed by atoms with Crippen LogP contribution in [0.5, 0.6) is 0 Å². The maximum Gasteiger partial charge on any atom is 0.234 e. The van der Waals surface area contributed by atoms with Crippen molar-refractivity contribution in [1.82, 2.24) is 20.0 Å². The van der Waals surface area contributed by atoms with Gasteiger partial charge in [-0.1, -0.05) is 11.6 Å². The summed E-state index contributed by atoms with van der Waals surface area (Å²) in [5.41, 5.74) is 1.72. The lowest BCUT2D eigenvalue weighted by Crippen LogP contribution is -2.37. The topological polar surface area (TPSA) is 58.4 Å². The van der Waals surface area contributed by atoms with Gasteiger partial charge in [-0.15, -0.1) is 0 Å². The molecule has 0 aliphatic heterocycles. The summed E-state index contributed by atoms with van der Waals surface area (Å²) in [6.45, 7) is 4.70. The molecule has 2 aromatic rings. The Hall–Kier alpha value is -1.59. The molecule has 0 saturated carbocycles. The number of halogens is 1. The first kappa shape index (κ1) is 13.8. The van der Waals surface area contributed by atoms with Crippen molar-refractivity contribution < 1.29 is 4.79 Å². The zero-order valence-electron chi connectivity index (χ0n) is 11.0. The predicted molar refractivity (Wildman–Crippen MR) is 75.2 cm³/mol. The lowest BCUT2D eigenvalue weighted by molar-refractivity contribution is -0.120. The number of pyridine rings is 1. The van der Waals surface area contributed by atoms with Crippen molar-refractivity contribution in [3.8, 4) is 0 Å². The number of nitrogens with zero attached hydrogens (tertiary/aromatic N) is 2. The molecular formula is C13H17ClN4O. The van der Waals surface area contributed by atoms with Crippen molar-refractivity contribution in [3.63, 3.8) is 0 Å². The molecule has 102 valence electrons. The third-order valence-electron chi connectivity index (χ3n) is 2.51. The van der Waals surface area contributed by atoms with Crippen LogP contribution in [0.3, 0.4) is 0 Å². The average Bonchev–Trinajstić information content (AvgIpc) is 2.69. The number of carbonyl (C=O) groups excluding carboxylic acids is 1. The van der Waals surface area contributed by atoms with Gasteiger partial charge in [0.05, 0.1) is 17.3 Å². The Balaban J connectivity index is 1.89. The minimum atomic E-state index is -0.0122. The molecule has 0 aromatic carbocycles. The molecule has 0 fully saturated rings. The van der Waals surface area contributed by atoms with Crippen LogP contribution in [0.25, 0.3) is 5.65 Å². The Morgan fingerprint density at radius 3 is 2.95 bits per heavy atom. The van der Waals surface area contributed by atoms with E-state index in [2.05, 4.69) is 15.6 Å². The number of imidazole rings is 1. The van der Waals surface area contributed by atoms with Gasteiger partial charge in [0.1, 0.15) is 5.65 Å². The number of carbonyl (C=O) groups is 1. The van der Waals surface area contributed by atoms with E-state index < -0.39 is 0 Å². The highest BCUT2D eigenvalue weighted by atomic mass is 35.5. The van der Waals surface area contributed by atoms with Crippen LogP contribution in [-0.4, -0.2) is 27.9 Å². The molecule has 6 heteroatoms. The summed E-state index contributed by atoms with van der Waals surface area (Å²) < 4.78 is 1.87. The minimum absolute atomic E-state index is 0.0122. The molecule has 2 aromatic heterocycles. The van der Waals surface area contributed by atoms with Crippen molar-refractivity contribution in [1.29, 1.82) is 0 Å². The van der Waals surface area contributed by atoms with Crippen LogP contribution in [0.2, 0.25) is 5.02 Å². The van der Waals surface area contributed by atoms with E-state index in [0.29, 0.717) is 11.6 Å². The van der Waals surface area contributed by atoms with Crippen molar-refractivity contribution in [2.75, 3.05) is 6.54 Å². The smallest absolute Gasteiger partial charge is 0.234 e. The van der Waals surface area contributed by atoms with Gasteiger partial charge >= 0.3 is 0 Å². The molecule has 2 heterocycles. The molecule has 0 aliphatic carbocycles. The average molecular weight is 281 g/mol. The summed E-state index contributed by atoms with van der Waals surface area (Å²) in [6, 6.07) is 3.82. The molecule has 0 radical (unpaired) electrons. The third-order valence-corrected chi connectivity index (χ3v) is 2.73. The molecule has 0 atom stereocenters. The first-order valence-electron chi connectivity index (χ1n) is 6.18. The number of aromatic nitrogens is 2. The van der Waals surface area contributed by atoms with E-state index in [1.165, 1.54) is 0 Å². The first-order chi connectivity index (χ1) is 9.04. The fraction of sp³-hybridized carbons (Fsp3) is 0.385. The zero-order valence-corrected chi connectivity index (χ0v) is 11.7. The van der Waals surface area contributed by atoms with E-state index >= 15 is 0 Å². The van der Waals surface area contributed by atoms with Crippen molar-refractivity contribution in [2.45, 2.75) is 26.4 Å². The van der Waals surface area contributed by atoms with E-state index in [4.69, 9.17) is 11.6 Å². The normalized spacial score (nSPS) is 11.2. The Kier molecular flexibility index (Phi) is 4.39. The second kappa shape index (κ2) is 6.04. The number of nitrogens with one attached hydrogen (secondary N) is 2. The quantitative estimate of drug-likeness (QED) is 0.875. The SMILES string of the molecule is CC(C)NC(=O)CNCc1cn2cc(Cl)ccc2n1. The summed E-state index contributed by atoms with van der Waals surface area (Å²) in [4.78, 5) is 15.9. The highest BCUT2D eigenvalue weighted by Gasteiger charge is 2.05. The Morgan fingerprint density at radius 1 is 1.42 bits per heavy atom. The van der Waals surface area contributed by atoms with E-state index in [-0.39, 0.29) is 18.5 Å². The summed E-state index contributed by atoms with van der Waals surface area (Å²) in [5, 5.41) is 6.55. The number of amides is 1. The zero-order chi connectivity index (χ0) is 13.8. The fourth-order valence-corrected chi connectivity index (χ4v) is 1.95. The maximum atomic E-state index is 11.4. The van der Waals surface area contributed by atoms with Gasteiger partial charge in [-0.25, -0.2) is 4.98 Å². The third kappa shape index (κ3) is 3.94. The first-order valence-corrected chi connectivity index (χ1v) is 6.55.